The third-order valence-electron chi connectivity index (χ3n) is 1.57. The van der Waals surface area contributed by atoms with Gasteiger partial charge in [-0.15, -0.1) is 0 Å². The van der Waals surface area contributed by atoms with Crippen LogP contribution in [-0.4, -0.2) is 12.4 Å². The molecular weight excluding hydrogens is 160 g/mol. The molecule has 0 aromatic carbocycles. The van der Waals surface area contributed by atoms with Crippen LogP contribution in [0.25, 0.3) is 0 Å². The maximum absolute atomic E-state index is 5.83. The number of fused-ring (bicyclic) bond motifs is 1. The van der Waals surface area contributed by atoms with E-state index in [0.717, 1.165) is 10.7 Å². The maximum atomic E-state index is 5.83. The van der Waals surface area contributed by atoms with Crippen molar-refractivity contribution in [1.29, 1.82) is 0 Å². The number of allylic oxidation sites excluding steroid dienone is 3. The highest BCUT2D eigenvalue weighted by molar-refractivity contribution is 6.31. The molecule has 1 unspecified atom stereocenters. The van der Waals surface area contributed by atoms with Gasteiger partial charge in [-0.05, 0) is 18.2 Å². The van der Waals surface area contributed by atoms with E-state index in [-0.39, 0.29) is 6.04 Å². The van der Waals surface area contributed by atoms with E-state index in [1.807, 2.05) is 24.3 Å². The Morgan fingerprint density at radius 2 is 2.45 bits per heavy atom. The van der Waals surface area contributed by atoms with E-state index >= 15 is 0 Å². The quantitative estimate of drug-likeness (QED) is 0.581. The van der Waals surface area contributed by atoms with E-state index in [0.29, 0.717) is 0 Å². The average Bonchev–Trinajstić information content (AvgIpc) is 2.12. The second kappa shape index (κ2) is 2.55. The second-order valence-corrected chi connectivity index (χ2v) is 2.86. The number of aliphatic imine (C=N–C) groups is 1. The normalized spacial score (nSPS) is 26.8. The van der Waals surface area contributed by atoms with E-state index in [1.54, 1.807) is 6.34 Å². The molecule has 1 aliphatic carbocycles. The molecule has 56 valence electrons. The van der Waals surface area contributed by atoms with Crippen LogP contribution in [0, 0.1) is 0 Å². The molecule has 0 radical (unpaired) electrons. The highest BCUT2D eigenvalue weighted by Crippen LogP contribution is 2.15. The number of nitrogens with zero attached hydrogens (tertiary/aromatic N) is 1. The third-order valence-corrected chi connectivity index (χ3v) is 1.81. The summed E-state index contributed by atoms with van der Waals surface area (Å²) in [6, 6.07) is 0.152. The molecule has 0 saturated carbocycles. The molecule has 2 nitrogen and oxygen atoms in total. The van der Waals surface area contributed by atoms with Gasteiger partial charge in [-0.3, -0.25) is 4.99 Å². The van der Waals surface area contributed by atoms with Crippen LogP contribution < -0.4 is 5.32 Å². The van der Waals surface area contributed by atoms with E-state index in [2.05, 4.69) is 10.3 Å². The minimum atomic E-state index is 0.152. The molecule has 3 heteroatoms. The van der Waals surface area contributed by atoms with E-state index < -0.39 is 0 Å². The van der Waals surface area contributed by atoms with Crippen molar-refractivity contribution in [3.8, 4) is 0 Å². The summed E-state index contributed by atoms with van der Waals surface area (Å²) >= 11 is 5.83. The summed E-state index contributed by atoms with van der Waals surface area (Å²) in [6.45, 7) is 0. The van der Waals surface area contributed by atoms with Gasteiger partial charge in [0, 0.05) is 10.7 Å². The molecule has 0 aromatic rings. The Morgan fingerprint density at radius 3 is 3.36 bits per heavy atom. The van der Waals surface area contributed by atoms with Crippen molar-refractivity contribution >= 4 is 17.9 Å². The lowest BCUT2D eigenvalue weighted by molar-refractivity contribution is 0.962. The van der Waals surface area contributed by atoms with Gasteiger partial charge in [0.2, 0.25) is 0 Å². The molecule has 1 N–H and O–H groups in total. The van der Waals surface area contributed by atoms with Gasteiger partial charge in [-0.2, -0.15) is 0 Å². The molecule has 0 spiro atoms. The lowest BCUT2D eigenvalue weighted by atomic mass is 10.2. The zero-order valence-corrected chi connectivity index (χ0v) is 6.55. The van der Waals surface area contributed by atoms with Gasteiger partial charge in [-0.1, -0.05) is 17.7 Å². The molecule has 2 rings (SSSR count). The van der Waals surface area contributed by atoms with Crippen molar-refractivity contribution in [2.24, 2.45) is 4.99 Å². The van der Waals surface area contributed by atoms with Gasteiger partial charge in [-0.25, -0.2) is 0 Å². The third kappa shape index (κ3) is 1.35. The molecule has 0 aromatic heterocycles. The molecule has 2 aliphatic rings. The number of hydrogen-bond donors (Lipinski definition) is 1. The van der Waals surface area contributed by atoms with Crippen molar-refractivity contribution < 1.29 is 0 Å². The predicted octanol–water partition coefficient (Wildman–Crippen LogP) is 1.56. The van der Waals surface area contributed by atoms with Crippen molar-refractivity contribution in [2.75, 3.05) is 0 Å². The first-order valence-corrected chi connectivity index (χ1v) is 3.78. The zero-order chi connectivity index (χ0) is 7.68. The van der Waals surface area contributed by atoms with Crippen molar-refractivity contribution in [3.63, 3.8) is 0 Å². The van der Waals surface area contributed by atoms with Crippen LogP contribution in [0.2, 0.25) is 0 Å². The van der Waals surface area contributed by atoms with Crippen molar-refractivity contribution in [2.45, 2.75) is 6.04 Å². The zero-order valence-electron chi connectivity index (χ0n) is 5.79. The summed E-state index contributed by atoms with van der Waals surface area (Å²) < 4.78 is 0. The molecule has 1 aliphatic heterocycles. The fourth-order valence-electron chi connectivity index (χ4n) is 1.06. The molecule has 0 amide bonds. The van der Waals surface area contributed by atoms with Gasteiger partial charge < -0.3 is 5.32 Å². The lowest BCUT2D eigenvalue weighted by Gasteiger charge is -2.09. The molecule has 1 heterocycles. The number of hydrogen-bond acceptors (Lipinski definition) is 2. The molecule has 11 heavy (non-hydrogen) atoms. The summed E-state index contributed by atoms with van der Waals surface area (Å²) in [5, 5.41) is 3.72. The van der Waals surface area contributed by atoms with Gasteiger partial charge in [0.1, 0.15) is 0 Å². The van der Waals surface area contributed by atoms with Crippen molar-refractivity contribution in [1.82, 2.24) is 5.32 Å². The number of rotatable bonds is 0. The fourth-order valence-corrected chi connectivity index (χ4v) is 1.25. The Kier molecular flexibility index (Phi) is 1.55. The topological polar surface area (TPSA) is 24.4 Å². The average molecular weight is 167 g/mol. The first kappa shape index (κ1) is 6.68. The number of nitrogens with one attached hydrogen (secondary N) is 1. The smallest absolute Gasteiger partial charge is 0.0904 e. The monoisotopic (exact) mass is 166 g/mol. The van der Waals surface area contributed by atoms with Gasteiger partial charge in [0.05, 0.1) is 12.4 Å². The molecule has 1 atom stereocenters. The van der Waals surface area contributed by atoms with E-state index in [4.69, 9.17) is 11.6 Å². The van der Waals surface area contributed by atoms with Gasteiger partial charge in [0.25, 0.3) is 0 Å². The van der Waals surface area contributed by atoms with Crippen LogP contribution in [0.5, 0.6) is 0 Å². The van der Waals surface area contributed by atoms with E-state index in [1.165, 1.54) is 0 Å². The Morgan fingerprint density at radius 1 is 1.55 bits per heavy atom. The fraction of sp³-hybridized carbons (Fsp3) is 0.125. The molecule has 0 fully saturated rings. The minimum Gasteiger partial charge on any atom is -0.347 e. The van der Waals surface area contributed by atoms with Crippen LogP contribution in [0.1, 0.15) is 0 Å². The first-order valence-electron chi connectivity index (χ1n) is 3.40. The SMILES string of the molecule is ClC1=CC2=CC(C=C1)N=CN2. The van der Waals surface area contributed by atoms with Crippen molar-refractivity contribution in [3.05, 3.63) is 35.0 Å². The molecule has 0 saturated heterocycles. The lowest BCUT2D eigenvalue weighted by Crippen LogP contribution is -2.17. The Labute approximate surface area is 70.0 Å². The highest BCUT2D eigenvalue weighted by atomic mass is 35.5. The molecular formula is C8H7ClN2. The number of halogens is 1. The van der Waals surface area contributed by atoms with Gasteiger partial charge >= 0.3 is 0 Å². The second-order valence-electron chi connectivity index (χ2n) is 2.42. The first-order chi connectivity index (χ1) is 5.34. The summed E-state index contributed by atoms with van der Waals surface area (Å²) in [7, 11) is 0. The maximum Gasteiger partial charge on any atom is 0.0904 e. The Bertz CT molecular complexity index is 286. The largest absolute Gasteiger partial charge is 0.347 e. The van der Waals surface area contributed by atoms with Crippen LogP contribution >= 0.6 is 11.6 Å². The molecule has 2 bridgehead atoms. The van der Waals surface area contributed by atoms with Gasteiger partial charge in [0.15, 0.2) is 0 Å². The summed E-state index contributed by atoms with van der Waals surface area (Å²) in [6.07, 6.45) is 9.41. The highest BCUT2D eigenvalue weighted by Gasteiger charge is 2.07. The van der Waals surface area contributed by atoms with Crippen LogP contribution in [0.15, 0.2) is 40.0 Å². The van der Waals surface area contributed by atoms with Crippen LogP contribution in [0.4, 0.5) is 0 Å². The Balaban J connectivity index is 2.37. The summed E-state index contributed by atoms with van der Waals surface area (Å²) in [4.78, 5) is 4.15. The minimum absolute atomic E-state index is 0.152. The summed E-state index contributed by atoms with van der Waals surface area (Å²) in [5.41, 5.74) is 1.01. The van der Waals surface area contributed by atoms with E-state index in [9.17, 15) is 0 Å². The van der Waals surface area contributed by atoms with Crippen LogP contribution in [-0.2, 0) is 0 Å². The predicted molar refractivity (Wildman–Crippen MR) is 46.6 cm³/mol. The standard InChI is InChI=1S/C8H7ClN2/c9-6-1-2-7-4-8(3-6)11-5-10-7/h1-5,7H,(H,10,11). The van der Waals surface area contributed by atoms with Crippen LogP contribution in [0.3, 0.4) is 0 Å². The summed E-state index contributed by atoms with van der Waals surface area (Å²) in [5.74, 6) is 0. The Hall–Kier alpha value is -1.02.